The fraction of sp³-hybridized carbons (Fsp3) is 0.435. The number of halogens is 2. The van der Waals surface area contributed by atoms with Crippen LogP contribution in [0.3, 0.4) is 0 Å². The molecule has 0 aliphatic carbocycles. The Balaban J connectivity index is 0.00000240. The minimum Gasteiger partial charge on any atom is -0.493 e. The molecule has 8 heteroatoms. The second kappa shape index (κ2) is 12.6. The van der Waals surface area contributed by atoms with E-state index in [-0.39, 0.29) is 30.7 Å². The van der Waals surface area contributed by atoms with Crippen LogP contribution in [0, 0.1) is 0 Å². The fourth-order valence-corrected chi connectivity index (χ4v) is 3.73. The number of rotatable bonds is 7. The highest BCUT2D eigenvalue weighted by atomic mass is 35.5. The number of carbonyl (C=O) groups is 1. The predicted octanol–water partition coefficient (Wildman–Crippen LogP) is 4.39. The maximum Gasteiger partial charge on any atom is 0.253 e. The molecule has 1 heterocycles. The van der Waals surface area contributed by atoms with Crippen LogP contribution in [-0.2, 0) is 0 Å². The molecule has 172 valence electrons. The first-order valence-corrected chi connectivity index (χ1v) is 10.0. The summed E-state index contributed by atoms with van der Waals surface area (Å²) >= 11 is 0. The maximum atomic E-state index is 12.8. The van der Waals surface area contributed by atoms with Crippen LogP contribution in [0.2, 0.25) is 0 Å². The summed E-state index contributed by atoms with van der Waals surface area (Å²) in [5.74, 6) is 1.87. The molecule has 0 N–H and O–H groups in total. The lowest BCUT2D eigenvalue weighted by Crippen LogP contribution is -2.48. The van der Waals surface area contributed by atoms with E-state index >= 15 is 0 Å². The third-order valence-electron chi connectivity index (χ3n) is 5.33. The largest absolute Gasteiger partial charge is 0.493 e. The summed E-state index contributed by atoms with van der Waals surface area (Å²) in [6.45, 7) is 6.76. The molecule has 0 aromatic heterocycles. The monoisotopic (exact) mass is 470 g/mol. The van der Waals surface area contributed by atoms with Crippen molar-refractivity contribution in [3.05, 3.63) is 42.0 Å². The molecule has 0 atom stereocenters. The molecule has 0 unspecified atom stereocenters. The van der Waals surface area contributed by atoms with Gasteiger partial charge in [0, 0.05) is 31.7 Å². The van der Waals surface area contributed by atoms with Gasteiger partial charge in [-0.25, -0.2) is 0 Å². The van der Waals surface area contributed by atoms with E-state index in [4.69, 9.17) is 14.2 Å². The smallest absolute Gasteiger partial charge is 0.253 e. The number of hydrogen-bond acceptors (Lipinski definition) is 5. The number of hydrogen-bond donors (Lipinski definition) is 0. The quantitative estimate of drug-likeness (QED) is 0.600. The van der Waals surface area contributed by atoms with Gasteiger partial charge in [-0.05, 0) is 48.4 Å². The summed E-state index contributed by atoms with van der Waals surface area (Å²) < 4.78 is 16.3. The van der Waals surface area contributed by atoms with E-state index in [0.717, 1.165) is 50.3 Å². The number of carbonyl (C=O) groups excluding carboxylic acids is 1. The molecule has 1 fully saturated rings. The van der Waals surface area contributed by atoms with Crippen LogP contribution >= 0.6 is 24.8 Å². The Kier molecular flexibility index (Phi) is 11.0. The Labute approximate surface area is 197 Å². The number of benzene rings is 2. The summed E-state index contributed by atoms with van der Waals surface area (Å²) in [5.41, 5.74) is 2.63. The van der Waals surface area contributed by atoms with E-state index in [2.05, 4.69) is 11.8 Å². The number of amides is 1. The Bertz CT molecular complexity index is 813. The second-order valence-corrected chi connectivity index (χ2v) is 7.13. The number of nitrogens with zero attached hydrogens (tertiary/aromatic N) is 2. The molecule has 0 spiro atoms. The van der Waals surface area contributed by atoms with Crippen molar-refractivity contribution in [3.8, 4) is 28.4 Å². The van der Waals surface area contributed by atoms with Gasteiger partial charge in [0.25, 0.3) is 5.91 Å². The molecule has 2 aromatic rings. The minimum atomic E-state index is 0. The van der Waals surface area contributed by atoms with Crippen molar-refractivity contribution in [3.63, 3.8) is 0 Å². The zero-order chi connectivity index (χ0) is 20.8. The topological polar surface area (TPSA) is 51.2 Å². The zero-order valence-corrected chi connectivity index (χ0v) is 20.2. The molecule has 1 amide bonds. The van der Waals surface area contributed by atoms with Gasteiger partial charge in [-0.3, -0.25) is 9.69 Å². The Hall–Kier alpha value is -2.15. The molecular formula is C23H32Cl2N2O4. The van der Waals surface area contributed by atoms with Gasteiger partial charge in [0.1, 0.15) is 0 Å². The van der Waals surface area contributed by atoms with E-state index in [0.29, 0.717) is 22.8 Å². The third-order valence-corrected chi connectivity index (χ3v) is 5.33. The van der Waals surface area contributed by atoms with Gasteiger partial charge < -0.3 is 19.1 Å². The summed E-state index contributed by atoms with van der Waals surface area (Å²) in [5, 5.41) is 0. The normalized spacial score (nSPS) is 13.6. The molecule has 0 bridgehead atoms. The highest BCUT2D eigenvalue weighted by Crippen LogP contribution is 2.41. The van der Waals surface area contributed by atoms with E-state index in [1.807, 2.05) is 41.3 Å². The van der Waals surface area contributed by atoms with E-state index < -0.39 is 0 Å². The van der Waals surface area contributed by atoms with Crippen LogP contribution < -0.4 is 14.2 Å². The number of piperazine rings is 1. The van der Waals surface area contributed by atoms with Crippen molar-refractivity contribution in [1.29, 1.82) is 0 Å². The molecule has 0 saturated carbocycles. The van der Waals surface area contributed by atoms with Crippen LogP contribution in [0.4, 0.5) is 0 Å². The van der Waals surface area contributed by atoms with Gasteiger partial charge in [-0.15, -0.1) is 24.8 Å². The molecule has 6 nitrogen and oxygen atoms in total. The van der Waals surface area contributed by atoms with Crippen LogP contribution in [0.15, 0.2) is 36.4 Å². The molecule has 1 aliphatic heterocycles. The average Bonchev–Trinajstić information content (AvgIpc) is 2.78. The lowest BCUT2D eigenvalue weighted by Gasteiger charge is -2.34. The average molecular weight is 471 g/mol. The van der Waals surface area contributed by atoms with Crippen molar-refractivity contribution in [1.82, 2.24) is 9.80 Å². The van der Waals surface area contributed by atoms with E-state index in [1.165, 1.54) is 0 Å². The van der Waals surface area contributed by atoms with Gasteiger partial charge in [-0.2, -0.15) is 0 Å². The SMILES string of the molecule is CCCN1CCN(C(=O)c2ccc(-c3cc(OC)c(OC)c(OC)c3)cc2)CC1.Cl.Cl. The minimum absolute atomic E-state index is 0. The van der Waals surface area contributed by atoms with Crippen molar-refractivity contribution < 1.29 is 19.0 Å². The first kappa shape index (κ1) is 26.9. The molecule has 0 radical (unpaired) electrons. The highest BCUT2D eigenvalue weighted by Gasteiger charge is 2.22. The predicted molar refractivity (Wildman–Crippen MR) is 129 cm³/mol. The van der Waals surface area contributed by atoms with E-state index in [1.54, 1.807) is 21.3 Å². The molecule has 3 rings (SSSR count). The second-order valence-electron chi connectivity index (χ2n) is 7.13. The van der Waals surface area contributed by atoms with Crippen LogP contribution in [0.5, 0.6) is 17.2 Å². The summed E-state index contributed by atoms with van der Waals surface area (Å²) in [7, 11) is 4.79. The summed E-state index contributed by atoms with van der Waals surface area (Å²) in [4.78, 5) is 17.2. The molecule has 1 aliphatic rings. The van der Waals surface area contributed by atoms with Crippen LogP contribution in [0.1, 0.15) is 23.7 Å². The van der Waals surface area contributed by atoms with Gasteiger partial charge in [-0.1, -0.05) is 19.1 Å². The van der Waals surface area contributed by atoms with Crippen molar-refractivity contribution in [2.45, 2.75) is 13.3 Å². The van der Waals surface area contributed by atoms with Gasteiger partial charge >= 0.3 is 0 Å². The van der Waals surface area contributed by atoms with Crippen molar-refractivity contribution in [2.75, 3.05) is 54.1 Å². The Morgan fingerprint density at radius 1 is 0.839 bits per heavy atom. The lowest BCUT2D eigenvalue weighted by molar-refractivity contribution is 0.0637. The van der Waals surface area contributed by atoms with Crippen molar-refractivity contribution in [2.24, 2.45) is 0 Å². The molecule has 2 aromatic carbocycles. The highest BCUT2D eigenvalue weighted by molar-refractivity contribution is 5.95. The first-order chi connectivity index (χ1) is 14.1. The van der Waals surface area contributed by atoms with E-state index in [9.17, 15) is 4.79 Å². The summed E-state index contributed by atoms with van der Waals surface area (Å²) in [6, 6.07) is 11.5. The first-order valence-electron chi connectivity index (χ1n) is 10.0. The number of ether oxygens (including phenoxy) is 3. The van der Waals surface area contributed by atoms with Crippen molar-refractivity contribution >= 4 is 30.7 Å². The Morgan fingerprint density at radius 2 is 1.39 bits per heavy atom. The Morgan fingerprint density at radius 3 is 1.84 bits per heavy atom. The van der Waals surface area contributed by atoms with Gasteiger partial charge in [0.05, 0.1) is 21.3 Å². The molecular weight excluding hydrogens is 439 g/mol. The lowest BCUT2D eigenvalue weighted by atomic mass is 10.0. The standard InChI is InChI=1S/C23H30N2O4.2ClH/c1-5-10-24-11-13-25(14-12-24)23(26)18-8-6-17(7-9-18)19-15-20(27-2)22(29-4)21(16-19)28-3;;/h6-9,15-16H,5,10-14H2,1-4H3;2*1H. The third kappa shape index (κ3) is 6.19. The summed E-state index contributed by atoms with van der Waals surface area (Å²) in [6.07, 6.45) is 1.15. The van der Waals surface area contributed by atoms with Crippen LogP contribution in [0.25, 0.3) is 11.1 Å². The number of methoxy groups -OCH3 is 3. The van der Waals surface area contributed by atoms with Gasteiger partial charge in [0.15, 0.2) is 11.5 Å². The molecule has 1 saturated heterocycles. The fourth-order valence-electron chi connectivity index (χ4n) is 3.73. The molecule has 31 heavy (non-hydrogen) atoms. The maximum absolute atomic E-state index is 12.8. The zero-order valence-electron chi connectivity index (χ0n) is 18.6. The van der Waals surface area contributed by atoms with Gasteiger partial charge in [0.2, 0.25) is 5.75 Å². The van der Waals surface area contributed by atoms with Crippen LogP contribution in [-0.4, -0.2) is 69.8 Å².